The van der Waals surface area contributed by atoms with Crippen LogP contribution in [-0.2, 0) is 0 Å². The van der Waals surface area contributed by atoms with Gasteiger partial charge in [0.25, 0.3) is 5.92 Å². The average molecular weight is 259 g/mol. The van der Waals surface area contributed by atoms with Gasteiger partial charge in [0.05, 0.1) is 0 Å². The van der Waals surface area contributed by atoms with E-state index in [1.807, 2.05) is 0 Å². The first kappa shape index (κ1) is 13.3. The quantitative estimate of drug-likeness (QED) is 0.524. The van der Waals surface area contributed by atoms with Crippen LogP contribution in [0.25, 0.3) is 0 Å². The number of allylic oxidation sites excluding steroid dienone is 1. The van der Waals surface area contributed by atoms with E-state index in [1.165, 1.54) is 0 Å². The van der Waals surface area contributed by atoms with E-state index in [-0.39, 0.29) is 0 Å². The lowest BCUT2D eigenvalue weighted by atomic mass is 10.1. The number of halogens is 7. The maximum Gasteiger partial charge on any atom is 0.286 e. The van der Waals surface area contributed by atoms with Gasteiger partial charge in [0.1, 0.15) is 4.49 Å². The molecule has 0 saturated heterocycles. The summed E-state index contributed by atoms with van der Waals surface area (Å²) in [6, 6.07) is 0. The van der Waals surface area contributed by atoms with Gasteiger partial charge in [-0.1, -0.05) is 23.2 Å². The summed E-state index contributed by atoms with van der Waals surface area (Å²) in [6.45, 7) is 0. The fourth-order valence-corrected chi connectivity index (χ4v) is 0.977. The lowest BCUT2D eigenvalue weighted by molar-refractivity contribution is -0.0662. The first-order chi connectivity index (χ1) is 5.83. The Labute approximate surface area is 87.4 Å². The van der Waals surface area contributed by atoms with Gasteiger partial charge in [-0.05, 0) is 0 Å². The van der Waals surface area contributed by atoms with E-state index < -0.39 is 34.7 Å². The van der Waals surface area contributed by atoms with E-state index in [0.29, 0.717) is 0 Å². The largest absolute Gasteiger partial charge is 0.286 e. The summed E-state index contributed by atoms with van der Waals surface area (Å²) in [5.41, 5.74) is 0. The zero-order chi connectivity index (χ0) is 10.6. The molecule has 0 spiro atoms. The highest BCUT2D eigenvalue weighted by Gasteiger charge is 2.43. The smallest absolute Gasteiger partial charge is 0.233 e. The van der Waals surface area contributed by atoms with Gasteiger partial charge in [0.15, 0.2) is 5.83 Å². The second-order valence-electron chi connectivity index (χ2n) is 2.17. The standard InChI is InChI=1S/C6H5Cl3F4/c7-2-1-6(12,13)4(11)3(10)5(8)9/h4H,1-2H2. The van der Waals surface area contributed by atoms with Crippen LogP contribution in [0, 0.1) is 0 Å². The molecule has 0 aliphatic rings. The molecule has 0 rings (SSSR count). The molecule has 0 nitrogen and oxygen atoms in total. The van der Waals surface area contributed by atoms with E-state index >= 15 is 0 Å². The van der Waals surface area contributed by atoms with E-state index in [0.717, 1.165) is 0 Å². The molecule has 0 aromatic rings. The number of rotatable bonds is 4. The molecule has 0 radical (unpaired) electrons. The Kier molecular flexibility index (Phi) is 5.40. The first-order valence-corrected chi connectivity index (χ1v) is 4.40. The number of alkyl halides is 4. The topological polar surface area (TPSA) is 0 Å². The van der Waals surface area contributed by atoms with E-state index in [4.69, 9.17) is 34.8 Å². The van der Waals surface area contributed by atoms with Crippen molar-refractivity contribution in [2.45, 2.75) is 18.5 Å². The highest BCUT2D eigenvalue weighted by atomic mass is 35.5. The van der Waals surface area contributed by atoms with Crippen LogP contribution in [0.15, 0.2) is 10.3 Å². The summed E-state index contributed by atoms with van der Waals surface area (Å²) in [4.78, 5) is 0. The highest BCUT2D eigenvalue weighted by molar-refractivity contribution is 6.56. The van der Waals surface area contributed by atoms with Crippen molar-refractivity contribution in [1.29, 1.82) is 0 Å². The summed E-state index contributed by atoms with van der Waals surface area (Å²) in [7, 11) is 0. The SMILES string of the molecule is FC(=C(Cl)Cl)C(F)C(F)(F)CCCl. The van der Waals surface area contributed by atoms with Crippen molar-refractivity contribution in [1.82, 2.24) is 0 Å². The Morgan fingerprint density at radius 2 is 1.77 bits per heavy atom. The fourth-order valence-electron chi connectivity index (χ4n) is 0.534. The lowest BCUT2D eigenvalue weighted by Crippen LogP contribution is -2.31. The zero-order valence-corrected chi connectivity index (χ0v) is 8.41. The molecule has 1 unspecified atom stereocenters. The van der Waals surface area contributed by atoms with Gasteiger partial charge in [-0.15, -0.1) is 11.6 Å². The van der Waals surface area contributed by atoms with Crippen LogP contribution in [-0.4, -0.2) is 18.0 Å². The molecule has 0 aliphatic carbocycles. The van der Waals surface area contributed by atoms with Gasteiger partial charge in [-0.3, -0.25) is 0 Å². The normalized spacial score (nSPS) is 14.1. The molecule has 7 heteroatoms. The average Bonchev–Trinajstić information content (AvgIpc) is 2.01. The predicted molar refractivity (Wildman–Crippen MR) is 45.0 cm³/mol. The number of hydrogen-bond donors (Lipinski definition) is 0. The van der Waals surface area contributed by atoms with Crippen LogP contribution in [0.1, 0.15) is 6.42 Å². The Morgan fingerprint density at radius 3 is 2.08 bits per heavy atom. The van der Waals surface area contributed by atoms with Crippen LogP contribution in [0.5, 0.6) is 0 Å². The van der Waals surface area contributed by atoms with Crippen molar-refractivity contribution in [2.24, 2.45) is 0 Å². The summed E-state index contributed by atoms with van der Waals surface area (Å²) in [6.07, 6.45) is -4.12. The van der Waals surface area contributed by atoms with Gasteiger partial charge in [0.2, 0.25) is 6.17 Å². The lowest BCUT2D eigenvalue weighted by Gasteiger charge is -2.18. The van der Waals surface area contributed by atoms with E-state index in [2.05, 4.69) is 0 Å². The van der Waals surface area contributed by atoms with Crippen molar-refractivity contribution >= 4 is 34.8 Å². The zero-order valence-electron chi connectivity index (χ0n) is 6.14. The second-order valence-corrected chi connectivity index (χ2v) is 3.50. The third-order valence-electron chi connectivity index (χ3n) is 1.20. The minimum atomic E-state index is -3.89. The third-order valence-corrected chi connectivity index (χ3v) is 1.75. The minimum Gasteiger partial charge on any atom is -0.233 e. The monoisotopic (exact) mass is 258 g/mol. The molecule has 0 amide bonds. The van der Waals surface area contributed by atoms with Crippen LogP contribution in [0.2, 0.25) is 0 Å². The molecule has 0 fully saturated rings. The Bertz CT molecular complexity index is 200. The van der Waals surface area contributed by atoms with Gasteiger partial charge < -0.3 is 0 Å². The molecule has 1 atom stereocenters. The maximum atomic E-state index is 12.6. The summed E-state index contributed by atoms with van der Waals surface area (Å²) in [5.74, 6) is -6.25. The Balaban J connectivity index is 4.58. The molecule has 0 heterocycles. The predicted octanol–water partition coefficient (Wildman–Crippen LogP) is 4.20. The molecular formula is C6H5Cl3F4. The Morgan fingerprint density at radius 1 is 1.31 bits per heavy atom. The molecule has 0 saturated carbocycles. The molecular weight excluding hydrogens is 254 g/mol. The maximum absolute atomic E-state index is 12.6. The third kappa shape index (κ3) is 3.92. The highest BCUT2D eigenvalue weighted by Crippen LogP contribution is 2.34. The molecule has 0 N–H and O–H groups in total. The minimum absolute atomic E-state index is 0.486. The summed E-state index contributed by atoms with van der Waals surface area (Å²) < 4.78 is 49.1. The fraction of sp³-hybridized carbons (Fsp3) is 0.667. The van der Waals surface area contributed by atoms with Crippen molar-refractivity contribution in [3.8, 4) is 0 Å². The molecule has 0 aromatic carbocycles. The van der Waals surface area contributed by atoms with E-state index in [1.54, 1.807) is 0 Å². The molecule has 13 heavy (non-hydrogen) atoms. The van der Waals surface area contributed by atoms with Crippen LogP contribution < -0.4 is 0 Å². The molecule has 0 aromatic heterocycles. The second kappa shape index (κ2) is 5.27. The van der Waals surface area contributed by atoms with E-state index in [9.17, 15) is 17.6 Å². The molecule has 78 valence electrons. The van der Waals surface area contributed by atoms with Crippen molar-refractivity contribution in [2.75, 3.05) is 5.88 Å². The summed E-state index contributed by atoms with van der Waals surface area (Å²) >= 11 is 14.5. The molecule has 0 aliphatic heterocycles. The Hall–Kier alpha value is 0.330. The van der Waals surface area contributed by atoms with Crippen LogP contribution in [0.3, 0.4) is 0 Å². The van der Waals surface area contributed by atoms with Crippen molar-refractivity contribution in [3.05, 3.63) is 10.3 Å². The van der Waals surface area contributed by atoms with Gasteiger partial charge in [-0.25, -0.2) is 17.6 Å². The summed E-state index contributed by atoms with van der Waals surface area (Å²) in [5, 5.41) is 0. The van der Waals surface area contributed by atoms with Crippen molar-refractivity contribution < 1.29 is 17.6 Å². The van der Waals surface area contributed by atoms with Gasteiger partial charge in [-0.2, -0.15) is 0 Å². The number of hydrogen-bond acceptors (Lipinski definition) is 0. The van der Waals surface area contributed by atoms with Crippen LogP contribution >= 0.6 is 34.8 Å². The van der Waals surface area contributed by atoms with Crippen LogP contribution in [0.4, 0.5) is 17.6 Å². The first-order valence-electron chi connectivity index (χ1n) is 3.11. The van der Waals surface area contributed by atoms with Gasteiger partial charge >= 0.3 is 0 Å². The van der Waals surface area contributed by atoms with Gasteiger partial charge in [0, 0.05) is 12.3 Å². The van der Waals surface area contributed by atoms with Crippen molar-refractivity contribution in [3.63, 3.8) is 0 Å². The molecule has 0 bridgehead atoms.